The van der Waals surface area contributed by atoms with E-state index in [0.717, 1.165) is 0 Å². The van der Waals surface area contributed by atoms with Gasteiger partial charge in [0, 0.05) is 0 Å². The van der Waals surface area contributed by atoms with E-state index in [2.05, 4.69) is 4.52 Å². The Kier molecular flexibility index (Phi) is 11.4. The van der Waals surface area contributed by atoms with Crippen molar-refractivity contribution in [2.75, 3.05) is 39.6 Å². The standard InChI is InChI=1S/C16H31O16P/c17-1-2-29-15-13(22)11(20)9(18)7(30-15)5-27-3-4-28-6-8-10(19)12(21)14(23)16(31-8)32-33(24,25)26/h7-23H,1-6H2,(H2,24,25,26)/p-1/t7-,8+,9+,10-,11+,12-,13-,14+,15-,16-/m1/s1. The molecule has 2 aliphatic heterocycles. The molecule has 0 amide bonds. The van der Waals surface area contributed by atoms with Crippen LogP contribution in [0, 0.1) is 0 Å². The predicted molar refractivity (Wildman–Crippen MR) is 98.9 cm³/mol. The van der Waals surface area contributed by atoms with Gasteiger partial charge in [0.2, 0.25) is 0 Å². The molecule has 1 unspecified atom stereocenters. The zero-order valence-corrected chi connectivity index (χ0v) is 18.2. The minimum atomic E-state index is -5.30. The minimum Gasteiger partial charge on any atom is -0.756 e. The van der Waals surface area contributed by atoms with Gasteiger partial charge in [-0.25, -0.2) is 0 Å². The van der Waals surface area contributed by atoms with E-state index in [1.165, 1.54) is 0 Å². The van der Waals surface area contributed by atoms with Crippen LogP contribution in [-0.4, -0.2) is 142 Å². The van der Waals surface area contributed by atoms with Crippen molar-refractivity contribution in [1.82, 2.24) is 0 Å². The summed E-state index contributed by atoms with van der Waals surface area (Å²) in [5.41, 5.74) is 0. The Labute approximate surface area is 188 Å². The first kappa shape index (κ1) is 28.9. The predicted octanol–water partition coefficient (Wildman–Crippen LogP) is -5.88. The molecular formula is C16H30O16P-. The van der Waals surface area contributed by atoms with Gasteiger partial charge in [-0.1, -0.05) is 0 Å². The Morgan fingerprint density at radius 1 is 0.727 bits per heavy atom. The smallest absolute Gasteiger partial charge is 0.267 e. The normalized spacial score (nSPS) is 41.6. The van der Waals surface area contributed by atoms with Crippen molar-refractivity contribution in [3.63, 3.8) is 0 Å². The summed E-state index contributed by atoms with van der Waals surface area (Å²) in [4.78, 5) is 19.6. The number of phosphoric acid groups is 1. The minimum absolute atomic E-state index is 0.0757. The molecule has 0 aromatic carbocycles. The molecule has 0 saturated carbocycles. The van der Waals surface area contributed by atoms with E-state index < -0.39 is 69.2 Å². The lowest BCUT2D eigenvalue weighted by molar-refractivity contribution is -0.306. The third-order valence-electron chi connectivity index (χ3n) is 4.88. The Bertz CT molecular complexity index is 619. The molecule has 0 bridgehead atoms. The van der Waals surface area contributed by atoms with Gasteiger partial charge in [0.05, 0.1) is 39.6 Å². The lowest BCUT2D eigenvalue weighted by Crippen LogP contribution is -2.59. The van der Waals surface area contributed by atoms with Crippen LogP contribution in [0.15, 0.2) is 0 Å². The zero-order valence-electron chi connectivity index (χ0n) is 17.3. The molecule has 2 saturated heterocycles. The van der Waals surface area contributed by atoms with Crippen LogP contribution < -0.4 is 4.89 Å². The van der Waals surface area contributed by atoms with Crippen molar-refractivity contribution in [2.24, 2.45) is 0 Å². The van der Waals surface area contributed by atoms with Gasteiger partial charge in [-0.2, -0.15) is 0 Å². The first-order chi connectivity index (χ1) is 15.5. The van der Waals surface area contributed by atoms with E-state index in [1.807, 2.05) is 0 Å². The second kappa shape index (κ2) is 13.1. The molecule has 2 aliphatic rings. The van der Waals surface area contributed by atoms with E-state index in [4.69, 9.17) is 33.7 Å². The van der Waals surface area contributed by atoms with Crippen LogP contribution in [0.1, 0.15) is 0 Å². The molecule has 2 rings (SSSR count). The highest BCUT2D eigenvalue weighted by molar-refractivity contribution is 7.44. The van der Waals surface area contributed by atoms with Crippen LogP contribution >= 0.6 is 7.82 Å². The monoisotopic (exact) mass is 509 g/mol. The summed E-state index contributed by atoms with van der Waals surface area (Å²) in [5.74, 6) is 0. The average Bonchev–Trinajstić information content (AvgIpc) is 2.75. The van der Waals surface area contributed by atoms with Crippen molar-refractivity contribution in [2.45, 2.75) is 61.4 Å². The van der Waals surface area contributed by atoms with Crippen LogP contribution in [0.5, 0.6) is 0 Å². The van der Waals surface area contributed by atoms with Crippen LogP contribution in [-0.2, 0) is 32.8 Å². The number of rotatable bonds is 12. The highest BCUT2D eigenvalue weighted by atomic mass is 31.2. The zero-order chi connectivity index (χ0) is 24.8. The van der Waals surface area contributed by atoms with E-state index in [1.54, 1.807) is 0 Å². The fourth-order valence-electron chi connectivity index (χ4n) is 3.15. The average molecular weight is 509 g/mol. The van der Waals surface area contributed by atoms with Crippen LogP contribution in [0.3, 0.4) is 0 Å². The number of phosphoric ester groups is 1. The maximum absolute atomic E-state index is 10.8. The Hall–Kier alpha value is -0.370. The highest BCUT2D eigenvalue weighted by Crippen LogP contribution is 2.36. The Morgan fingerprint density at radius 3 is 1.64 bits per heavy atom. The van der Waals surface area contributed by atoms with Gasteiger partial charge >= 0.3 is 0 Å². The van der Waals surface area contributed by atoms with Crippen molar-refractivity contribution < 1.29 is 78.3 Å². The number of ether oxygens (including phenoxy) is 5. The number of aliphatic hydroxyl groups excluding tert-OH is 7. The van der Waals surface area contributed by atoms with Gasteiger partial charge in [0.1, 0.15) is 48.8 Å². The molecule has 196 valence electrons. The summed E-state index contributed by atoms with van der Waals surface area (Å²) in [6.07, 6.45) is -15.7. The van der Waals surface area contributed by atoms with Gasteiger partial charge in [0.25, 0.3) is 7.82 Å². The molecule has 0 aromatic heterocycles. The molecule has 11 atom stereocenters. The SMILES string of the molecule is O=P([O-])(O)O[C@H]1O[C@@H](COCCOC[C@H]2O[C@@H](OCCO)[C@H](O)[C@@H](O)[C@H]2O)[C@@H](O)[C@@H](O)[C@@H]1O. The molecular weight excluding hydrogens is 479 g/mol. The topological polar surface area (TPSA) is 257 Å². The Morgan fingerprint density at radius 2 is 1.18 bits per heavy atom. The number of hydrogen-bond acceptors (Lipinski definition) is 15. The molecule has 0 aliphatic carbocycles. The summed E-state index contributed by atoms with van der Waals surface area (Å²) in [7, 11) is -5.30. The summed E-state index contributed by atoms with van der Waals surface area (Å²) in [6, 6.07) is 0. The van der Waals surface area contributed by atoms with E-state index in [9.17, 15) is 40.1 Å². The summed E-state index contributed by atoms with van der Waals surface area (Å²) in [5, 5.41) is 67.9. The van der Waals surface area contributed by atoms with E-state index in [0.29, 0.717) is 0 Å². The first-order valence-electron chi connectivity index (χ1n) is 9.95. The molecule has 16 nitrogen and oxygen atoms in total. The molecule has 17 heteroatoms. The van der Waals surface area contributed by atoms with Gasteiger partial charge in [-0.05, 0) is 0 Å². The largest absolute Gasteiger partial charge is 0.756 e. The van der Waals surface area contributed by atoms with Crippen LogP contribution in [0.4, 0.5) is 0 Å². The van der Waals surface area contributed by atoms with Crippen molar-refractivity contribution in [3.8, 4) is 0 Å². The first-order valence-corrected chi connectivity index (χ1v) is 11.4. The molecule has 2 fully saturated rings. The third kappa shape index (κ3) is 8.36. The van der Waals surface area contributed by atoms with Crippen molar-refractivity contribution >= 4 is 7.82 Å². The molecule has 0 radical (unpaired) electrons. The fraction of sp³-hybridized carbons (Fsp3) is 1.00. The lowest BCUT2D eigenvalue weighted by atomic mass is 9.99. The second-order valence-corrected chi connectivity index (χ2v) is 8.50. The molecule has 0 spiro atoms. The maximum atomic E-state index is 10.8. The van der Waals surface area contributed by atoms with Crippen molar-refractivity contribution in [1.29, 1.82) is 0 Å². The van der Waals surface area contributed by atoms with Crippen LogP contribution in [0.25, 0.3) is 0 Å². The van der Waals surface area contributed by atoms with Gasteiger partial charge in [-0.15, -0.1) is 0 Å². The molecule has 8 N–H and O–H groups in total. The van der Waals surface area contributed by atoms with Gasteiger partial charge < -0.3 is 69.2 Å². The van der Waals surface area contributed by atoms with E-state index >= 15 is 0 Å². The number of hydrogen-bond donors (Lipinski definition) is 8. The van der Waals surface area contributed by atoms with E-state index in [-0.39, 0.29) is 39.6 Å². The van der Waals surface area contributed by atoms with Crippen LogP contribution in [0.2, 0.25) is 0 Å². The molecule has 33 heavy (non-hydrogen) atoms. The quantitative estimate of drug-likeness (QED) is 0.0899. The highest BCUT2D eigenvalue weighted by Gasteiger charge is 2.46. The Balaban J connectivity index is 1.73. The third-order valence-corrected chi connectivity index (χ3v) is 5.36. The van der Waals surface area contributed by atoms with Gasteiger partial charge in [-0.3, -0.25) is 9.09 Å². The second-order valence-electron chi connectivity index (χ2n) is 7.35. The summed E-state index contributed by atoms with van der Waals surface area (Å²) < 4.78 is 40.9. The summed E-state index contributed by atoms with van der Waals surface area (Å²) >= 11 is 0. The molecule has 2 heterocycles. The van der Waals surface area contributed by atoms with Gasteiger partial charge in [0.15, 0.2) is 12.6 Å². The summed E-state index contributed by atoms with van der Waals surface area (Å²) in [6.45, 7) is -1.30. The molecule has 0 aromatic rings. The lowest BCUT2D eigenvalue weighted by Gasteiger charge is -2.41. The number of aliphatic hydroxyl groups is 7. The fourth-order valence-corrected chi connectivity index (χ4v) is 3.59. The maximum Gasteiger partial charge on any atom is 0.267 e. The van der Waals surface area contributed by atoms with Crippen molar-refractivity contribution in [3.05, 3.63) is 0 Å².